The van der Waals surface area contributed by atoms with Gasteiger partial charge < -0.3 is 15.5 Å². The Bertz CT molecular complexity index is 940. The van der Waals surface area contributed by atoms with Crippen LogP contribution in [0.15, 0.2) is 30.3 Å². The molecule has 0 saturated heterocycles. The molecule has 0 fully saturated rings. The van der Waals surface area contributed by atoms with Crippen LogP contribution in [0.3, 0.4) is 0 Å². The highest BCUT2D eigenvalue weighted by Crippen LogP contribution is 2.23. The number of hydrogen-bond acceptors (Lipinski definition) is 4. The maximum atomic E-state index is 13.9. The molecule has 0 spiro atoms. The third-order valence-electron chi connectivity index (χ3n) is 3.84. The van der Waals surface area contributed by atoms with Crippen LogP contribution >= 0.6 is 0 Å². The fourth-order valence-corrected chi connectivity index (χ4v) is 2.58. The lowest BCUT2D eigenvalue weighted by Crippen LogP contribution is -2.34. The van der Waals surface area contributed by atoms with Crippen LogP contribution in [-0.2, 0) is 17.8 Å². The summed E-state index contributed by atoms with van der Waals surface area (Å²) in [7, 11) is 0. The highest BCUT2D eigenvalue weighted by atomic mass is 19.1. The van der Waals surface area contributed by atoms with Crippen LogP contribution in [0.1, 0.15) is 31.3 Å². The van der Waals surface area contributed by atoms with E-state index in [1.165, 1.54) is 24.0 Å². The molecular formula is C18H18F2N4O2. The molecule has 26 heavy (non-hydrogen) atoms. The molecule has 1 aromatic carbocycles. The number of carbonyl (C=O) groups is 2. The summed E-state index contributed by atoms with van der Waals surface area (Å²) in [5.41, 5.74) is 0.485. The summed E-state index contributed by atoms with van der Waals surface area (Å²) >= 11 is 0. The number of nitrogens with one attached hydrogen (secondary N) is 2. The van der Waals surface area contributed by atoms with Crippen molar-refractivity contribution in [2.24, 2.45) is 0 Å². The van der Waals surface area contributed by atoms with E-state index in [1.54, 1.807) is 0 Å². The van der Waals surface area contributed by atoms with Crippen molar-refractivity contribution < 1.29 is 21.1 Å². The van der Waals surface area contributed by atoms with Crippen molar-refractivity contribution in [3.05, 3.63) is 58.8 Å². The second-order valence-electron chi connectivity index (χ2n) is 5.77. The number of anilines is 1. The monoisotopic (exact) mass is 362 g/mol. The van der Waals surface area contributed by atoms with Crippen LogP contribution in [-0.4, -0.2) is 34.8 Å². The van der Waals surface area contributed by atoms with Gasteiger partial charge in [0, 0.05) is 38.1 Å². The molecule has 1 aromatic heterocycles. The number of hydrogen-bond donors (Lipinski definition) is 2. The third-order valence-corrected chi connectivity index (χ3v) is 3.84. The number of halogens is 2. The van der Waals surface area contributed by atoms with E-state index in [1.807, 2.05) is 0 Å². The Morgan fingerprint density at radius 2 is 2.15 bits per heavy atom. The van der Waals surface area contributed by atoms with Crippen LogP contribution in [0, 0.1) is 11.6 Å². The van der Waals surface area contributed by atoms with E-state index >= 15 is 0 Å². The smallest absolute Gasteiger partial charge is 0.256 e. The predicted molar refractivity (Wildman–Crippen MR) is 91.3 cm³/mol. The highest BCUT2D eigenvalue weighted by molar-refractivity contribution is 5.98. The first kappa shape index (κ1) is 15.2. The molecule has 2 amide bonds. The maximum Gasteiger partial charge on any atom is 0.256 e. The SMILES string of the molecule is [2H]C([2H])(Nc1ccc2c(n1)CN(CCNC(C)=O)C2=O)c1ccc(F)cc1F. The second-order valence-corrected chi connectivity index (χ2v) is 5.77. The molecular weight excluding hydrogens is 342 g/mol. The molecule has 6 nitrogen and oxygen atoms in total. The lowest BCUT2D eigenvalue weighted by molar-refractivity contribution is -0.119. The second kappa shape index (κ2) is 7.47. The third kappa shape index (κ3) is 3.96. The van der Waals surface area contributed by atoms with Gasteiger partial charge in [-0.3, -0.25) is 9.59 Å². The van der Waals surface area contributed by atoms with Gasteiger partial charge >= 0.3 is 0 Å². The van der Waals surface area contributed by atoms with Crippen molar-refractivity contribution in [3.63, 3.8) is 0 Å². The topological polar surface area (TPSA) is 74.3 Å². The van der Waals surface area contributed by atoms with Crippen molar-refractivity contribution in [1.29, 1.82) is 0 Å². The molecule has 0 saturated carbocycles. The van der Waals surface area contributed by atoms with E-state index in [0.717, 1.165) is 12.1 Å². The van der Waals surface area contributed by atoms with Gasteiger partial charge in [0.2, 0.25) is 5.91 Å². The minimum absolute atomic E-state index is 0.115. The van der Waals surface area contributed by atoms with Gasteiger partial charge in [0.25, 0.3) is 5.91 Å². The van der Waals surface area contributed by atoms with Crippen LogP contribution in [0.25, 0.3) is 0 Å². The molecule has 0 bridgehead atoms. The molecule has 136 valence electrons. The minimum atomic E-state index is -2.34. The summed E-state index contributed by atoms with van der Waals surface area (Å²) in [5.74, 6) is -2.12. The fourth-order valence-electron chi connectivity index (χ4n) is 2.58. The Hall–Kier alpha value is -3.03. The molecule has 0 radical (unpaired) electrons. The van der Waals surface area contributed by atoms with Crippen molar-refractivity contribution >= 4 is 17.6 Å². The van der Waals surface area contributed by atoms with E-state index < -0.39 is 18.1 Å². The zero-order valence-electron chi connectivity index (χ0n) is 16.0. The van der Waals surface area contributed by atoms with E-state index in [0.29, 0.717) is 30.4 Å². The Labute approximate surface area is 152 Å². The molecule has 0 aliphatic carbocycles. The summed E-state index contributed by atoms with van der Waals surface area (Å²) in [6, 6.07) is 5.55. The van der Waals surface area contributed by atoms with E-state index in [9.17, 15) is 18.4 Å². The molecule has 0 unspecified atom stereocenters. The van der Waals surface area contributed by atoms with Crippen molar-refractivity contribution in [3.8, 4) is 0 Å². The maximum absolute atomic E-state index is 13.9. The van der Waals surface area contributed by atoms with Crippen molar-refractivity contribution in [2.75, 3.05) is 18.4 Å². The van der Waals surface area contributed by atoms with E-state index in [4.69, 9.17) is 2.74 Å². The van der Waals surface area contributed by atoms with Gasteiger partial charge in [-0.1, -0.05) is 6.07 Å². The Morgan fingerprint density at radius 3 is 2.88 bits per heavy atom. The number of rotatable bonds is 6. The van der Waals surface area contributed by atoms with Crippen LogP contribution in [0.2, 0.25) is 0 Å². The summed E-state index contributed by atoms with van der Waals surface area (Å²) in [5, 5.41) is 5.10. The van der Waals surface area contributed by atoms with Gasteiger partial charge in [-0.05, 0) is 18.2 Å². The van der Waals surface area contributed by atoms with Crippen LogP contribution < -0.4 is 10.6 Å². The van der Waals surface area contributed by atoms with Gasteiger partial charge in [0.05, 0.1) is 20.5 Å². The molecule has 8 heteroatoms. The highest BCUT2D eigenvalue weighted by Gasteiger charge is 2.28. The minimum Gasteiger partial charge on any atom is -0.366 e. The summed E-state index contributed by atoms with van der Waals surface area (Å²) < 4.78 is 43.1. The molecule has 0 atom stereocenters. The molecule has 1 aliphatic heterocycles. The van der Waals surface area contributed by atoms with Gasteiger partial charge in [0.15, 0.2) is 0 Å². The molecule has 1 aliphatic rings. The number of amides is 2. The van der Waals surface area contributed by atoms with Crippen molar-refractivity contribution in [1.82, 2.24) is 15.2 Å². The number of carbonyl (C=O) groups excluding carboxylic acids is 2. The summed E-state index contributed by atoms with van der Waals surface area (Å²) in [4.78, 5) is 29.1. The zero-order chi connectivity index (χ0) is 20.5. The average Bonchev–Trinajstić information content (AvgIpc) is 2.89. The van der Waals surface area contributed by atoms with Gasteiger partial charge in [-0.15, -0.1) is 0 Å². The zero-order valence-corrected chi connectivity index (χ0v) is 14.0. The first-order valence-electron chi connectivity index (χ1n) is 8.95. The van der Waals surface area contributed by atoms with Crippen LogP contribution in [0.5, 0.6) is 0 Å². The van der Waals surface area contributed by atoms with Gasteiger partial charge in [-0.2, -0.15) is 0 Å². The standard InChI is InChI=1S/C18H18F2N4O2/c1-11(25)21-6-7-24-10-16-14(18(24)26)4-5-17(23-16)22-9-12-2-3-13(19)8-15(12)20/h2-5,8H,6-7,9-10H2,1H3,(H,21,25)(H,22,23)/i9D2. The quantitative estimate of drug-likeness (QED) is 0.825. The van der Waals surface area contributed by atoms with Gasteiger partial charge in [-0.25, -0.2) is 13.8 Å². The number of nitrogens with zero attached hydrogens (tertiary/aromatic N) is 2. The number of benzene rings is 1. The fraction of sp³-hybridized carbons (Fsp3) is 0.278. The summed E-state index contributed by atoms with van der Waals surface area (Å²) in [6.07, 6.45) is 0. The Kier molecular flexibility index (Phi) is 4.38. The van der Waals surface area contributed by atoms with Crippen LogP contribution in [0.4, 0.5) is 14.6 Å². The lowest BCUT2D eigenvalue weighted by atomic mass is 10.2. The lowest BCUT2D eigenvalue weighted by Gasteiger charge is -2.14. The first-order chi connectivity index (χ1) is 13.2. The molecule has 2 N–H and O–H groups in total. The number of aromatic nitrogens is 1. The molecule has 2 heterocycles. The predicted octanol–water partition coefficient (Wildman–Crippen LogP) is 2.06. The average molecular weight is 362 g/mol. The molecule has 3 rings (SSSR count). The van der Waals surface area contributed by atoms with Crippen molar-refractivity contribution in [2.45, 2.75) is 20.0 Å². The summed E-state index contributed by atoms with van der Waals surface area (Å²) in [6.45, 7) is -0.104. The number of fused-ring (bicyclic) bond motifs is 1. The molecule has 2 aromatic rings. The largest absolute Gasteiger partial charge is 0.366 e. The van der Waals surface area contributed by atoms with E-state index in [2.05, 4.69) is 15.6 Å². The van der Waals surface area contributed by atoms with Gasteiger partial charge in [0.1, 0.15) is 17.5 Å². The Morgan fingerprint density at radius 1 is 1.35 bits per heavy atom. The first-order valence-corrected chi connectivity index (χ1v) is 7.95. The normalized spacial score (nSPS) is 14.6. The number of pyridine rings is 1. The Balaban J connectivity index is 1.74. The van der Waals surface area contributed by atoms with E-state index in [-0.39, 0.29) is 29.7 Å².